The molecule has 0 saturated heterocycles. The largest absolute Gasteiger partial charge is 0.381 e. The van der Waals surface area contributed by atoms with Gasteiger partial charge in [-0.1, -0.05) is 0 Å². The van der Waals surface area contributed by atoms with Gasteiger partial charge in [0.1, 0.15) is 29.1 Å². The smallest absolute Gasteiger partial charge is 0.274 e. The zero-order chi connectivity index (χ0) is 24.5. The summed E-state index contributed by atoms with van der Waals surface area (Å²) in [6.45, 7) is 0. The van der Waals surface area contributed by atoms with Crippen molar-refractivity contribution in [2.75, 3.05) is 24.8 Å². The van der Waals surface area contributed by atoms with Crippen molar-refractivity contribution >= 4 is 28.9 Å². The minimum atomic E-state index is -1.02. The van der Waals surface area contributed by atoms with Crippen molar-refractivity contribution in [3.63, 3.8) is 0 Å². The minimum Gasteiger partial charge on any atom is -0.381 e. The number of anilines is 3. The van der Waals surface area contributed by atoms with Crippen molar-refractivity contribution in [3.05, 3.63) is 46.5 Å². The molecule has 2 fully saturated rings. The van der Waals surface area contributed by atoms with E-state index in [0.29, 0.717) is 35.8 Å². The molecule has 0 spiro atoms. The van der Waals surface area contributed by atoms with Crippen LogP contribution in [0.3, 0.4) is 0 Å². The van der Waals surface area contributed by atoms with Crippen LogP contribution < -0.4 is 21.5 Å². The molecule has 10 nitrogen and oxygen atoms in total. The lowest BCUT2D eigenvalue weighted by molar-refractivity contribution is 0.0580. The van der Waals surface area contributed by atoms with Gasteiger partial charge in [-0.15, -0.1) is 0 Å². The van der Waals surface area contributed by atoms with E-state index in [2.05, 4.69) is 26.0 Å². The van der Waals surface area contributed by atoms with Crippen molar-refractivity contribution in [1.82, 2.24) is 24.5 Å². The van der Waals surface area contributed by atoms with Crippen LogP contribution in [0.5, 0.6) is 0 Å². The Balaban J connectivity index is 1.42. The van der Waals surface area contributed by atoms with Crippen LogP contribution in [0, 0.1) is 0 Å². The third-order valence-electron chi connectivity index (χ3n) is 7.09. The molecular weight excluding hydrogens is 453 g/mol. The number of aromatic nitrogens is 4. The van der Waals surface area contributed by atoms with E-state index in [9.17, 15) is 14.0 Å². The lowest BCUT2D eigenvalue weighted by Crippen LogP contribution is -2.48. The van der Waals surface area contributed by atoms with Gasteiger partial charge in [0.15, 0.2) is 5.65 Å². The Morgan fingerprint density at radius 3 is 2.66 bits per heavy atom. The summed E-state index contributed by atoms with van der Waals surface area (Å²) in [7, 11) is 3.46. The molecule has 0 radical (unpaired) electrons. The highest BCUT2D eigenvalue weighted by molar-refractivity contribution is 6.00. The Morgan fingerprint density at radius 1 is 1.20 bits per heavy atom. The van der Waals surface area contributed by atoms with Crippen molar-refractivity contribution in [2.45, 2.75) is 62.9 Å². The fourth-order valence-electron chi connectivity index (χ4n) is 4.82. The molecule has 3 aromatic rings. The quantitative estimate of drug-likeness (QED) is 0.473. The predicted molar refractivity (Wildman–Crippen MR) is 130 cm³/mol. The highest BCUT2D eigenvalue weighted by Gasteiger charge is 2.33. The summed E-state index contributed by atoms with van der Waals surface area (Å²) >= 11 is 0. The number of carbonyl (C=O) groups excluding carboxylic acids is 1. The number of hydrogen-bond acceptors (Lipinski definition) is 7. The second-order valence-electron chi connectivity index (χ2n) is 9.17. The minimum absolute atomic E-state index is 0.120. The molecule has 2 saturated carbocycles. The number of nitrogens with zero attached hydrogens (tertiary/aromatic N) is 4. The van der Waals surface area contributed by atoms with Crippen molar-refractivity contribution < 1.29 is 13.9 Å². The molecule has 3 heterocycles. The molecule has 1 amide bonds. The molecule has 3 N–H and O–H groups in total. The summed E-state index contributed by atoms with van der Waals surface area (Å²) in [5, 5.41) is 13.1. The average Bonchev–Trinajstić information content (AvgIpc) is 3.31. The number of pyridine rings is 1. The van der Waals surface area contributed by atoms with Crippen LogP contribution in [-0.2, 0) is 4.74 Å². The lowest BCUT2D eigenvalue weighted by atomic mass is 9.90. The number of fused-ring (bicyclic) bond motifs is 1. The van der Waals surface area contributed by atoms with E-state index in [0.717, 1.165) is 25.7 Å². The number of halogens is 1. The summed E-state index contributed by atoms with van der Waals surface area (Å²) < 4.78 is 22.4. The summed E-state index contributed by atoms with van der Waals surface area (Å²) in [6, 6.07) is 4.91. The van der Waals surface area contributed by atoms with Crippen LogP contribution in [0.1, 0.15) is 54.9 Å². The van der Waals surface area contributed by atoms with Gasteiger partial charge in [0.05, 0.1) is 18.3 Å². The third-order valence-corrected chi connectivity index (χ3v) is 7.09. The maximum Gasteiger partial charge on any atom is 0.274 e. The number of amides is 1. The Morgan fingerprint density at radius 2 is 2.00 bits per heavy atom. The lowest BCUT2D eigenvalue weighted by Gasteiger charge is -2.30. The van der Waals surface area contributed by atoms with E-state index in [-0.39, 0.29) is 23.3 Å². The maximum atomic E-state index is 13.7. The van der Waals surface area contributed by atoms with Gasteiger partial charge in [-0.25, -0.2) is 9.37 Å². The molecule has 0 aromatic carbocycles. The van der Waals surface area contributed by atoms with Crippen LogP contribution in [0.4, 0.5) is 21.7 Å². The van der Waals surface area contributed by atoms with Gasteiger partial charge in [-0.2, -0.15) is 9.61 Å². The number of hydrogen-bond donors (Lipinski definition) is 3. The molecule has 35 heavy (non-hydrogen) atoms. The predicted octanol–water partition coefficient (Wildman–Crippen LogP) is 3.04. The first-order valence-corrected chi connectivity index (χ1v) is 12.0. The summed E-state index contributed by atoms with van der Waals surface area (Å²) in [6.07, 6.45) is 7.13. The van der Waals surface area contributed by atoms with Gasteiger partial charge < -0.3 is 25.3 Å². The van der Waals surface area contributed by atoms with Gasteiger partial charge in [-0.3, -0.25) is 9.59 Å². The summed E-state index contributed by atoms with van der Waals surface area (Å²) in [4.78, 5) is 30.6. The first kappa shape index (κ1) is 23.3. The zero-order valence-corrected chi connectivity index (χ0v) is 19.8. The molecule has 5 rings (SSSR count). The average molecular weight is 484 g/mol. The molecule has 0 unspecified atom stereocenters. The summed E-state index contributed by atoms with van der Waals surface area (Å²) in [5.74, 6) is 0.548. The number of carbonyl (C=O) groups is 1. The fourth-order valence-corrected chi connectivity index (χ4v) is 4.82. The second-order valence-corrected chi connectivity index (χ2v) is 9.17. The molecule has 3 aromatic heterocycles. The van der Waals surface area contributed by atoms with Gasteiger partial charge in [0.25, 0.3) is 11.5 Å². The van der Waals surface area contributed by atoms with Crippen LogP contribution in [0.25, 0.3) is 5.65 Å². The SMILES string of the molecule is CNc1cc(Nc2cccn([C@H]3CC[C@H](OC)CC3)c2=O)nc2c(C(=O)N[C@@H]3CC[C@H]3F)cnn12. The number of rotatable bonds is 7. The monoisotopic (exact) mass is 483 g/mol. The van der Waals surface area contributed by atoms with Crippen molar-refractivity contribution in [1.29, 1.82) is 0 Å². The second kappa shape index (κ2) is 9.65. The van der Waals surface area contributed by atoms with Crippen LogP contribution in [0.15, 0.2) is 35.4 Å². The van der Waals surface area contributed by atoms with E-state index in [4.69, 9.17) is 4.74 Å². The van der Waals surface area contributed by atoms with Crippen LogP contribution in [0.2, 0.25) is 0 Å². The molecule has 186 valence electrons. The van der Waals surface area contributed by atoms with Gasteiger partial charge in [0.2, 0.25) is 0 Å². The van der Waals surface area contributed by atoms with Gasteiger partial charge in [-0.05, 0) is 50.7 Å². The Hall–Kier alpha value is -3.47. The van der Waals surface area contributed by atoms with E-state index < -0.39 is 18.1 Å². The van der Waals surface area contributed by atoms with Crippen LogP contribution in [-0.4, -0.2) is 57.5 Å². The van der Waals surface area contributed by atoms with Gasteiger partial charge in [0, 0.05) is 32.5 Å². The molecule has 11 heteroatoms. The number of methoxy groups -OCH3 is 1. The first-order valence-electron chi connectivity index (χ1n) is 12.0. The fraction of sp³-hybridized carbons (Fsp3) is 0.500. The maximum absolute atomic E-state index is 13.7. The van der Waals surface area contributed by atoms with E-state index >= 15 is 0 Å². The molecule has 2 aliphatic carbocycles. The zero-order valence-electron chi connectivity index (χ0n) is 19.8. The topological polar surface area (TPSA) is 115 Å². The Bertz CT molecular complexity index is 1280. The molecule has 2 aliphatic rings. The highest BCUT2D eigenvalue weighted by atomic mass is 19.1. The molecular formula is C24H30FN7O3. The summed E-state index contributed by atoms with van der Waals surface area (Å²) in [5.41, 5.74) is 0.803. The molecule has 0 bridgehead atoms. The van der Waals surface area contributed by atoms with E-state index in [1.54, 1.807) is 30.9 Å². The Kier molecular flexibility index (Phi) is 6.42. The Labute approximate surface area is 201 Å². The highest BCUT2D eigenvalue weighted by Crippen LogP contribution is 2.29. The normalized spacial score (nSPS) is 24.1. The standard InChI is InChI=1S/C24H30FN7O3/c1-26-21-12-20(30-22-16(13-27-32(21)22)23(33)29-18-10-9-17(18)25)28-19-4-3-11-31(24(19)34)14-5-7-15(35-2)8-6-14/h3-4,11-15,17-18,26H,5-10H2,1-2H3,(H,28,30)(H,29,33)/t14-,15-,17-,18-/m1/s1. The molecule has 0 aliphatic heterocycles. The van der Waals surface area contributed by atoms with Gasteiger partial charge >= 0.3 is 0 Å². The molecule has 2 atom stereocenters. The number of ether oxygens (including phenoxy) is 1. The van der Waals surface area contributed by atoms with E-state index in [1.165, 1.54) is 10.7 Å². The number of alkyl halides is 1. The van der Waals surface area contributed by atoms with Crippen molar-refractivity contribution in [2.24, 2.45) is 0 Å². The number of nitrogens with one attached hydrogen (secondary N) is 3. The first-order chi connectivity index (χ1) is 17.0. The van der Waals surface area contributed by atoms with Crippen LogP contribution >= 0.6 is 0 Å². The van der Waals surface area contributed by atoms with E-state index in [1.807, 2.05) is 12.3 Å². The van der Waals surface area contributed by atoms with Crippen molar-refractivity contribution in [3.8, 4) is 0 Å². The third kappa shape index (κ3) is 4.47.